The normalized spacial score (nSPS) is 33.1. The lowest BCUT2D eigenvalue weighted by Gasteiger charge is -2.36. The number of primary amides is 1. The Hall–Kier alpha value is -1.87. The number of amides is 4. The van der Waals surface area contributed by atoms with Crippen LogP contribution in [0.15, 0.2) is 0 Å². The Labute approximate surface area is 192 Å². The number of hydrogen-bond donors (Lipinski definition) is 4. The van der Waals surface area contributed by atoms with Crippen molar-refractivity contribution in [3.8, 4) is 0 Å². The molecule has 3 aliphatic rings. The van der Waals surface area contributed by atoms with Gasteiger partial charge in [0.25, 0.3) is 0 Å². The molecule has 2 heterocycles. The molecule has 1 unspecified atom stereocenters. The number of hydrogen-bond acceptors (Lipinski definition) is 5. The Morgan fingerprint density at radius 1 is 1.35 bits per heavy atom. The molecule has 9 nitrogen and oxygen atoms in total. The summed E-state index contributed by atoms with van der Waals surface area (Å²) in [7, 11) is 0. The zero-order chi connectivity index (χ0) is 24.4. The summed E-state index contributed by atoms with van der Waals surface area (Å²) < 4.78 is 15.4. The van der Waals surface area contributed by atoms with Crippen LogP contribution >= 0.6 is 12.4 Å². The maximum absolute atomic E-state index is 13.3. The number of piperidine rings is 1. The first kappa shape index (κ1) is 22.3. The number of halogens is 1. The minimum Gasteiger partial charge on any atom is -0.368 e. The molecule has 0 radical (unpaired) electrons. The number of nitrogens with one attached hydrogen (secondary N) is 2. The summed E-state index contributed by atoms with van der Waals surface area (Å²) >= 11 is 0. The van der Waals surface area contributed by atoms with Crippen LogP contribution in [0.3, 0.4) is 0 Å². The molecule has 6 atom stereocenters. The molecule has 10 heteroatoms. The smallest absolute Gasteiger partial charge is 0.243 e. The van der Waals surface area contributed by atoms with Crippen molar-refractivity contribution in [3.05, 3.63) is 0 Å². The highest BCUT2D eigenvalue weighted by Crippen LogP contribution is 2.65. The Morgan fingerprint density at radius 3 is 2.45 bits per heavy atom. The average Bonchev–Trinajstić information content (AvgIpc) is 2.96. The van der Waals surface area contributed by atoms with E-state index >= 15 is 0 Å². The van der Waals surface area contributed by atoms with Gasteiger partial charge in [-0.15, -0.1) is 12.4 Å². The van der Waals surface area contributed by atoms with E-state index in [2.05, 4.69) is 10.6 Å². The molecule has 3 rings (SSSR count). The molecule has 31 heavy (non-hydrogen) atoms. The van der Waals surface area contributed by atoms with E-state index in [1.165, 1.54) is 4.90 Å². The second kappa shape index (κ2) is 8.58. The van der Waals surface area contributed by atoms with Crippen LogP contribution in [0, 0.1) is 28.6 Å². The molecule has 1 saturated carbocycles. The molecular weight excluding hydrogens is 422 g/mol. The van der Waals surface area contributed by atoms with E-state index in [1.807, 2.05) is 34.6 Å². The van der Waals surface area contributed by atoms with E-state index < -0.39 is 53.7 Å². The van der Waals surface area contributed by atoms with E-state index in [0.717, 1.165) is 0 Å². The number of nitrogens with two attached hydrogens (primary N) is 2. The summed E-state index contributed by atoms with van der Waals surface area (Å²) in [6, 6.07) is -2.71. The fraction of sp³-hybridized carbons (Fsp3) is 0.810. The molecule has 4 amide bonds. The quantitative estimate of drug-likeness (QED) is 0.432. The van der Waals surface area contributed by atoms with E-state index in [4.69, 9.17) is 14.2 Å². The van der Waals surface area contributed by atoms with E-state index in [0.29, 0.717) is 6.54 Å². The number of rotatable bonds is 6. The molecule has 176 valence electrons. The molecular formula is C21H36ClN5O4. The van der Waals surface area contributed by atoms with Crippen molar-refractivity contribution in [2.75, 3.05) is 13.0 Å². The van der Waals surface area contributed by atoms with Crippen LogP contribution in [0.5, 0.6) is 0 Å². The zero-order valence-electron chi connectivity index (χ0n) is 20.7. The topological polar surface area (TPSA) is 148 Å². The maximum atomic E-state index is 13.3. The molecule has 0 aromatic rings. The first-order chi connectivity index (χ1) is 14.5. The summed E-state index contributed by atoms with van der Waals surface area (Å²) in [5, 5.41) is 4.87. The second-order valence-corrected chi connectivity index (χ2v) is 10.5. The molecule has 2 saturated heterocycles. The van der Waals surface area contributed by atoms with Crippen molar-refractivity contribution >= 4 is 36.0 Å². The van der Waals surface area contributed by atoms with Gasteiger partial charge >= 0.3 is 0 Å². The Balaban J connectivity index is 0.00000385. The zero-order valence-corrected chi connectivity index (χ0v) is 19.5. The average molecular weight is 460 g/mol. The van der Waals surface area contributed by atoms with Crippen LogP contribution in [0.2, 0.25) is 0 Å². The van der Waals surface area contributed by atoms with Crippen LogP contribution in [-0.2, 0) is 19.2 Å². The first-order valence-electron chi connectivity index (χ1n) is 11.4. The van der Waals surface area contributed by atoms with Crippen molar-refractivity contribution < 1.29 is 21.9 Å². The third kappa shape index (κ3) is 4.67. The van der Waals surface area contributed by atoms with Crippen molar-refractivity contribution in [3.63, 3.8) is 0 Å². The Morgan fingerprint density at radius 2 is 1.97 bits per heavy atom. The highest BCUT2D eigenvalue weighted by molar-refractivity contribution is 5.94. The fourth-order valence-electron chi connectivity index (χ4n) is 4.80. The van der Waals surface area contributed by atoms with Gasteiger partial charge in [0, 0.05) is 21.7 Å². The summed E-state index contributed by atoms with van der Waals surface area (Å²) in [5.74, 6) is -2.82. The SMILES string of the molecule is Cl.[2H]C1([2H])CC(C[C@H](NC(=O)[C@@H]2[C@@H]3[C@H](CN2C(=O)[C@@H](N)C(C)(C)C)C3(C)C)C(N)=O)C(=O)N1. The van der Waals surface area contributed by atoms with Gasteiger partial charge in [0.05, 0.1) is 6.04 Å². The summed E-state index contributed by atoms with van der Waals surface area (Å²) in [5.41, 5.74) is 11.1. The van der Waals surface area contributed by atoms with Crippen molar-refractivity contribution in [2.45, 2.75) is 65.6 Å². The van der Waals surface area contributed by atoms with Crippen molar-refractivity contribution in [1.29, 1.82) is 0 Å². The predicted octanol–water partition coefficient (Wildman–Crippen LogP) is -0.239. The Bertz CT molecular complexity index is 847. The largest absolute Gasteiger partial charge is 0.368 e. The molecule has 6 N–H and O–H groups in total. The lowest BCUT2D eigenvalue weighted by molar-refractivity contribution is -0.143. The van der Waals surface area contributed by atoms with Crippen LogP contribution in [0.25, 0.3) is 0 Å². The number of likely N-dealkylation sites (tertiary alicyclic amines) is 1. The van der Waals surface area contributed by atoms with Crippen LogP contribution in [0.1, 0.15) is 50.2 Å². The number of nitrogens with zero attached hydrogens (tertiary/aromatic N) is 1. The standard InChI is InChI=1S/C21H35N5O4.ClH/c1-20(2,3)15(22)19(30)26-9-11-13(21(11,4)5)14(26)18(29)25-12(16(23)27)8-10-6-7-24-17(10)28;/h10-15H,6-9,22H2,1-5H3,(H2,23,27)(H,24,28)(H,25,29);1H/t10?,11-,12-,13-,14-,15+;/m0./s1/i7D2;. The number of carbonyl (C=O) groups is 4. The highest BCUT2D eigenvalue weighted by Gasteiger charge is 2.69. The minimum absolute atomic E-state index is 0. The highest BCUT2D eigenvalue weighted by atomic mass is 35.5. The number of carbonyl (C=O) groups excluding carboxylic acids is 4. The van der Waals surface area contributed by atoms with E-state index in [-0.39, 0.29) is 48.4 Å². The van der Waals surface area contributed by atoms with Gasteiger partial charge in [-0.2, -0.15) is 0 Å². The maximum Gasteiger partial charge on any atom is 0.243 e. The molecule has 0 aromatic heterocycles. The molecule has 0 aromatic carbocycles. The lowest BCUT2D eigenvalue weighted by atomic mass is 9.86. The fourth-order valence-corrected chi connectivity index (χ4v) is 4.80. The van der Waals surface area contributed by atoms with E-state index in [9.17, 15) is 19.2 Å². The van der Waals surface area contributed by atoms with Crippen LogP contribution in [-0.4, -0.2) is 59.7 Å². The first-order valence-corrected chi connectivity index (χ1v) is 10.4. The molecule has 0 spiro atoms. The van der Waals surface area contributed by atoms with Gasteiger partial charge in [-0.05, 0) is 35.5 Å². The Kier molecular flexibility index (Phi) is 6.18. The second-order valence-electron chi connectivity index (χ2n) is 10.5. The third-order valence-electron chi connectivity index (χ3n) is 7.07. The van der Waals surface area contributed by atoms with Crippen LogP contribution in [0.4, 0.5) is 0 Å². The van der Waals surface area contributed by atoms with E-state index in [1.54, 1.807) is 0 Å². The molecule has 1 aliphatic carbocycles. The lowest BCUT2D eigenvalue weighted by Crippen LogP contribution is -2.59. The number of fused-ring (bicyclic) bond motifs is 1. The predicted molar refractivity (Wildman–Crippen MR) is 118 cm³/mol. The molecule has 3 fully saturated rings. The van der Waals surface area contributed by atoms with Crippen molar-refractivity contribution in [2.24, 2.45) is 40.1 Å². The summed E-state index contributed by atoms with van der Waals surface area (Å²) in [6.07, 6.45) is -0.218. The third-order valence-corrected chi connectivity index (χ3v) is 7.07. The van der Waals surface area contributed by atoms with Crippen molar-refractivity contribution in [1.82, 2.24) is 15.5 Å². The van der Waals surface area contributed by atoms with Crippen LogP contribution < -0.4 is 22.1 Å². The van der Waals surface area contributed by atoms with Gasteiger partial charge in [-0.1, -0.05) is 34.6 Å². The monoisotopic (exact) mass is 459 g/mol. The summed E-state index contributed by atoms with van der Waals surface area (Å²) in [6.45, 7) is 8.23. The summed E-state index contributed by atoms with van der Waals surface area (Å²) in [4.78, 5) is 52.1. The van der Waals surface area contributed by atoms with Gasteiger partial charge in [0.2, 0.25) is 23.6 Å². The van der Waals surface area contributed by atoms with Gasteiger partial charge in [-0.3, -0.25) is 19.2 Å². The molecule has 0 bridgehead atoms. The van der Waals surface area contributed by atoms with Gasteiger partial charge in [0.1, 0.15) is 12.1 Å². The van der Waals surface area contributed by atoms with Gasteiger partial charge in [0.15, 0.2) is 0 Å². The van der Waals surface area contributed by atoms with Gasteiger partial charge in [-0.25, -0.2) is 0 Å². The molecule has 2 aliphatic heterocycles. The minimum atomic E-state index is -1.86. The van der Waals surface area contributed by atoms with Gasteiger partial charge < -0.3 is 27.0 Å².